The first kappa shape index (κ1) is 27.4. The number of hydrogen-bond acceptors (Lipinski definition) is 4. The number of unbranched alkanes of at least 4 members (excludes halogenated alkanes) is 7. The van der Waals surface area contributed by atoms with E-state index in [2.05, 4.69) is 12.2 Å². The second-order valence-electron chi connectivity index (χ2n) is 9.49. The number of ether oxygens (including phenoxy) is 1. The minimum atomic E-state index is -0.868. The molecule has 1 saturated heterocycles. The lowest BCUT2D eigenvalue weighted by Gasteiger charge is -2.37. The maximum absolute atomic E-state index is 13.9. The molecule has 0 saturated carbocycles. The third-order valence-corrected chi connectivity index (χ3v) is 6.75. The topological polar surface area (TPSA) is 75.7 Å². The molecule has 6 heteroatoms. The molecule has 36 heavy (non-hydrogen) atoms. The summed E-state index contributed by atoms with van der Waals surface area (Å²) >= 11 is 0. The van der Waals surface area contributed by atoms with Gasteiger partial charge in [-0.3, -0.25) is 14.4 Å². The number of hydrogen-bond donors (Lipinski definition) is 1. The number of nitrogens with one attached hydrogen (secondary N) is 1. The summed E-state index contributed by atoms with van der Waals surface area (Å²) in [6.45, 7) is 3.29. The highest BCUT2D eigenvalue weighted by atomic mass is 16.5. The molecule has 2 aromatic rings. The summed E-state index contributed by atoms with van der Waals surface area (Å²) < 4.78 is 5.44. The fraction of sp³-hybridized carbons (Fsp3) is 0.500. The van der Waals surface area contributed by atoms with E-state index in [9.17, 15) is 14.4 Å². The number of nitrogens with zero attached hydrogens (tertiary/aromatic N) is 1. The first-order valence-electron chi connectivity index (χ1n) is 13.5. The number of piperazine rings is 1. The van der Waals surface area contributed by atoms with Crippen molar-refractivity contribution in [3.05, 3.63) is 71.8 Å². The van der Waals surface area contributed by atoms with Gasteiger partial charge in [0, 0.05) is 13.1 Å². The molecule has 1 heterocycles. The van der Waals surface area contributed by atoms with Gasteiger partial charge in [0.15, 0.2) is 0 Å². The van der Waals surface area contributed by atoms with Gasteiger partial charge in [-0.25, -0.2) is 0 Å². The lowest BCUT2D eigenvalue weighted by molar-refractivity contribution is -0.152. The number of benzene rings is 2. The summed E-state index contributed by atoms with van der Waals surface area (Å²) in [6.07, 6.45) is 9.19. The average Bonchev–Trinajstić information content (AvgIpc) is 2.90. The molecule has 0 aromatic heterocycles. The lowest BCUT2D eigenvalue weighted by atomic mass is 9.89. The van der Waals surface area contributed by atoms with E-state index in [-0.39, 0.29) is 18.2 Å². The van der Waals surface area contributed by atoms with E-state index in [1.54, 1.807) is 4.90 Å². The molecule has 3 rings (SSSR count). The Kier molecular flexibility index (Phi) is 11.5. The second-order valence-corrected chi connectivity index (χ2v) is 9.49. The van der Waals surface area contributed by atoms with Gasteiger partial charge in [-0.15, -0.1) is 0 Å². The average molecular weight is 493 g/mol. The minimum Gasteiger partial charge on any atom is -0.466 e. The van der Waals surface area contributed by atoms with Gasteiger partial charge in [-0.05, 0) is 17.5 Å². The van der Waals surface area contributed by atoms with E-state index < -0.39 is 17.9 Å². The van der Waals surface area contributed by atoms with Gasteiger partial charge in [0.25, 0.3) is 0 Å². The van der Waals surface area contributed by atoms with Gasteiger partial charge in [-0.1, -0.05) is 113 Å². The van der Waals surface area contributed by atoms with Crippen LogP contribution in [0.3, 0.4) is 0 Å². The van der Waals surface area contributed by atoms with Crippen molar-refractivity contribution >= 4 is 17.8 Å². The largest absolute Gasteiger partial charge is 0.466 e. The van der Waals surface area contributed by atoms with E-state index in [1.165, 1.54) is 32.1 Å². The molecule has 1 fully saturated rings. The standard InChI is InChI=1S/C30H40N2O4/c1-2-3-4-5-6-7-8-15-22-36-27(33)23-26-29(34)31-20-21-32(26)30(35)28(24-16-11-9-12-17-24)25-18-13-10-14-19-25/h9-14,16-19,26,28H,2-8,15,20-23H2,1H3,(H,31,34). The number of amides is 2. The van der Waals surface area contributed by atoms with Crippen molar-refractivity contribution in [2.24, 2.45) is 0 Å². The van der Waals surface area contributed by atoms with Crippen molar-refractivity contribution in [3.8, 4) is 0 Å². The van der Waals surface area contributed by atoms with Crippen molar-refractivity contribution in [2.75, 3.05) is 19.7 Å². The van der Waals surface area contributed by atoms with Crippen LogP contribution in [0.15, 0.2) is 60.7 Å². The lowest BCUT2D eigenvalue weighted by Crippen LogP contribution is -2.58. The van der Waals surface area contributed by atoms with Crippen LogP contribution < -0.4 is 5.32 Å². The van der Waals surface area contributed by atoms with Gasteiger partial charge in [0.1, 0.15) is 6.04 Å². The fourth-order valence-corrected chi connectivity index (χ4v) is 4.75. The SMILES string of the molecule is CCCCCCCCCCOC(=O)CC1C(=O)NCCN1C(=O)C(c1ccccc1)c1ccccc1. The number of carbonyl (C=O) groups is 3. The van der Waals surface area contributed by atoms with Crippen LogP contribution in [-0.2, 0) is 19.1 Å². The Morgan fingerprint density at radius 1 is 0.889 bits per heavy atom. The molecule has 0 bridgehead atoms. The van der Waals surface area contributed by atoms with E-state index in [1.807, 2.05) is 60.7 Å². The van der Waals surface area contributed by atoms with Crippen LogP contribution in [0.1, 0.15) is 81.8 Å². The highest BCUT2D eigenvalue weighted by molar-refractivity contribution is 5.95. The molecule has 2 aromatic carbocycles. The zero-order chi connectivity index (χ0) is 25.6. The molecular weight excluding hydrogens is 452 g/mol. The van der Waals surface area contributed by atoms with Crippen LogP contribution in [0.25, 0.3) is 0 Å². The van der Waals surface area contributed by atoms with Crippen LogP contribution in [0.4, 0.5) is 0 Å². The Morgan fingerprint density at radius 2 is 1.44 bits per heavy atom. The summed E-state index contributed by atoms with van der Waals surface area (Å²) in [4.78, 5) is 40.8. The van der Waals surface area contributed by atoms with Crippen LogP contribution >= 0.6 is 0 Å². The van der Waals surface area contributed by atoms with Crippen molar-refractivity contribution < 1.29 is 19.1 Å². The fourth-order valence-electron chi connectivity index (χ4n) is 4.75. The zero-order valence-corrected chi connectivity index (χ0v) is 21.5. The van der Waals surface area contributed by atoms with Crippen molar-refractivity contribution in [3.63, 3.8) is 0 Å². The molecule has 1 unspecified atom stereocenters. The predicted octanol–water partition coefficient (Wildman–Crippen LogP) is 5.22. The van der Waals surface area contributed by atoms with E-state index in [4.69, 9.17) is 4.74 Å². The molecule has 0 spiro atoms. The van der Waals surface area contributed by atoms with Gasteiger partial charge < -0.3 is 15.0 Å². The van der Waals surface area contributed by atoms with Crippen molar-refractivity contribution in [2.45, 2.75) is 76.7 Å². The third kappa shape index (κ3) is 8.21. The van der Waals surface area contributed by atoms with Crippen LogP contribution in [0.5, 0.6) is 0 Å². The van der Waals surface area contributed by atoms with E-state index >= 15 is 0 Å². The molecule has 1 aliphatic heterocycles. The van der Waals surface area contributed by atoms with Gasteiger partial charge in [-0.2, -0.15) is 0 Å². The molecule has 2 amide bonds. The van der Waals surface area contributed by atoms with Gasteiger partial charge >= 0.3 is 5.97 Å². The molecular formula is C30H40N2O4. The predicted molar refractivity (Wildman–Crippen MR) is 141 cm³/mol. The molecule has 194 valence electrons. The van der Waals surface area contributed by atoms with Crippen LogP contribution in [0.2, 0.25) is 0 Å². The molecule has 0 aliphatic carbocycles. The zero-order valence-electron chi connectivity index (χ0n) is 21.5. The maximum Gasteiger partial charge on any atom is 0.308 e. The first-order chi connectivity index (χ1) is 17.6. The second kappa shape index (κ2) is 15.1. The number of carbonyl (C=O) groups excluding carboxylic acids is 3. The monoisotopic (exact) mass is 492 g/mol. The van der Waals surface area contributed by atoms with Gasteiger partial charge in [0.05, 0.1) is 18.9 Å². The van der Waals surface area contributed by atoms with Crippen LogP contribution in [-0.4, -0.2) is 48.4 Å². The highest BCUT2D eigenvalue weighted by Gasteiger charge is 2.38. The molecule has 6 nitrogen and oxygen atoms in total. The summed E-state index contributed by atoms with van der Waals surface area (Å²) in [5.41, 5.74) is 1.71. The minimum absolute atomic E-state index is 0.134. The summed E-state index contributed by atoms with van der Waals surface area (Å²) in [5, 5.41) is 2.81. The highest BCUT2D eigenvalue weighted by Crippen LogP contribution is 2.28. The van der Waals surface area contributed by atoms with Crippen molar-refractivity contribution in [1.29, 1.82) is 0 Å². The number of rotatable bonds is 14. The Bertz CT molecular complexity index is 908. The molecule has 0 radical (unpaired) electrons. The normalized spacial score (nSPS) is 15.6. The van der Waals surface area contributed by atoms with E-state index in [0.29, 0.717) is 19.7 Å². The van der Waals surface area contributed by atoms with Gasteiger partial charge in [0.2, 0.25) is 11.8 Å². The number of esters is 1. The Balaban J connectivity index is 1.58. The Labute approximate surface area is 215 Å². The molecule has 1 aliphatic rings. The Morgan fingerprint density at radius 3 is 2.03 bits per heavy atom. The quantitative estimate of drug-likeness (QED) is 0.290. The maximum atomic E-state index is 13.9. The molecule has 1 atom stereocenters. The van der Waals surface area contributed by atoms with Crippen molar-refractivity contribution in [1.82, 2.24) is 10.2 Å². The first-order valence-corrected chi connectivity index (χ1v) is 13.5. The summed E-state index contributed by atoms with van der Waals surface area (Å²) in [7, 11) is 0. The molecule has 1 N–H and O–H groups in total. The van der Waals surface area contributed by atoms with Crippen LogP contribution in [0, 0.1) is 0 Å². The summed E-state index contributed by atoms with van der Waals surface area (Å²) in [6, 6.07) is 18.3. The smallest absolute Gasteiger partial charge is 0.308 e. The Hall–Kier alpha value is -3.15. The summed E-state index contributed by atoms with van der Waals surface area (Å²) in [5.74, 6) is -1.47. The third-order valence-electron chi connectivity index (χ3n) is 6.75. The van der Waals surface area contributed by atoms with E-state index in [0.717, 1.165) is 30.4 Å².